The molecule has 2 rings (SSSR count). The molecule has 0 spiro atoms. The molecule has 11 heavy (non-hydrogen) atoms. The molecule has 1 aromatic rings. The van der Waals surface area contributed by atoms with Crippen LogP contribution in [-0.2, 0) is 6.42 Å². The van der Waals surface area contributed by atoms with Gasteiger partial charge >= 0.3 is 0 Å². The van der Waals surface area contributed by atoms with E-state index < -0.39 is 0 Å². The highest BCUT2D eigenvalue weighted by Crippen LogP contribution is 2.25. The zero-order chi connectivity index (χ0) is 7.84. The second-order valence-corrected chi connectivity index (χ2v) is 3.52. The highest BCUT2D eigenvalue weighted by molar-refractivity contribution is 7.80. The second-order valence-electron chi connectivity index (χ2n) is 3.02. The smallest absolute Gasteiger partial charge is 0.0230 e. The molecule has 0 heterocycles. The van der Waals surface area contributed by atoms with Gasteiger partial charge in [-0.1, -0.05) is 30.4 Å². The first kappa shape index (κ1) is 6.99. The van der Waals surface area contributed by atoms with Gasteiger partial charge in [0.1, 0.15) is 0 Å². The number of rotatable bonds is 0. The fraction of sp³-hybridized carbons (Fsp3) is 0.300. The third kappa shape index (κ3) is 1.000. The van der Waals surface area contributed by atoms with Crippen LogP contribution in [-0.4, -0.2) is 4.86 Å². The van der Waals surface area contributed by atoms with Gasteiger partial charge in [-0.15, -0.1) is 0 Å². The average molecular weight is 162 g/mol. The van der Waals surface area contributed by atoms with E-state index in [1.807, 2.05) is 0 Å². The Balaban J connectivity index is 2.66. The van der Waals surface area contributed by atoms with Crippen molar-refractivity contribution in [1.29, 1.82) is 0 Å². The van der Waals surface area contributed by atoms with E-state index in [0.717, 1.165) is 17.7 Å². The Kier molecular flexibility index (Phi) is 1.53. The third-order valence-electron chi connectivity index (χ3n) is 2.31. The number of benzene rings is 1. The summed E-state index contributed by atoms with van der Waals surface area (Å²) in [4.78, 5) is 1.14. The topological polar surface area (TPSA) is 0 Å². The van der Waals surface area contributed by atoms with Gasteiger partial charge in [-0.05, 0) is 36.5 Å². The van der Waals surface area contributed by atoms with Gasteiger partial charge in [0.25, 0.3) is 0 Å². The van der Waals surface area contributed by atoms with Crippen LogP contribution in [0.1, 0.15) is 23.1 Å². The number of aryl methyl sites for hydroxylation is 1. The normalized spacial score (nSPS) is 15.2. The molecule has 0 aromatic heterocycles. The summed E-state index contributed by atoms with van der Waals surface area (Å²) in [6.45, 7) is 2.16. The molecule has 1 aliphatic rings. The van der Waals surface area contributed by atoms with Crippen molar-refractivity contribution in [3.05, 3.63) is 34.9 Å². The van der Waals surface area contributed by atoms with Crippen molar-refractivity contribution in [3.63, 3.8) is 0 Å². The van der Waals surface area contributed by atoms with Gasteiger partial charge in [-0.3, -0.25) is 0 Å². The van der Waals surface area contributed by atoms with Crippen molar-refractivity contribution in [2.75, 3.05) is 0 Å². The van der Waals surface area contributed by atoms with Crippen LogP contribution in [0.3, 0.4) is 0 Å². The minimum Gasteiger partial charge on any atom is -0.0842 e. The maximum atomic E-state index is 5.23. The highest BCUT2D eigenvalue weighted by Gasteiger charge is 2.16. The SMILES string of the molecule is Cc1cccc2c1CCC2=S. The Morgan fingerprint density at radius 2 is 2.09 bits per heavy atom. The van der Waals surface area contributed by atoms with E-state index in [4.69, 9.17) is 12.2 Å². The predicted octanol–water partition coefficient (Wildman–Crippen LogP) is 2.66. The molecule has 1 heteroatoms. The van der Waals surface area contributed by atoms with E-state index in [1.54, 1.807) is 0 Å². The van der Waals surface area contributed by atoms with E-state index in [1.165, 1.54) is 16.7 Å². The molecular weight excluding hydrogens is 152 g/mol. The van der Waals surface area contributed by atoms with Crippen molar-refractivity contribution in [3.8, 4) is 0 Å². The van der Waals surface area contributed by atoms with Crippen LogP contribution in [0.25, 0.3) is 0 Å². The summed E-state index contributed by atoms with van der Waals surface area (Å²) >= 11 is 5.23. The molecule has 56 valence electrons. The van der Waals surface area contributed by atoms with Crippen molar-refractivity contribution >= 4 is 17.1 Å². The van der Waals surface area contributed by atoms with Gasteiger partial charge < -0.3 is 0 Å². The number of thiocarbonyl (C=S) groups is 1. The summed E-state index contributed by atoms with van der Waals surface area (Å²) in [7, 11) is 0. The van der Waals surface area contributed by atoms with Crippen LogP contribution in [0.2, 0.25) is 0 Å². The van der Waals surface area contributed by atoms with Crippen LogP contribution < -0.4 is 0 Å². The average Bonchev–Trinajstić information content (AvgIpc) is 2.35. The Morgan fingerprint density at radius 1 is 1.27 bits per heavy atom. The van der Waals surface area contributed by atoms with E-state index in [9.17, 15) is 0 Å². The Morgan fingerprint density at radius 3 is 2.82 bits per heavy atom. The van der Waals surface area contributed by atoms with Crippen molar-refractivity contribution in [2.45, 2.75) is 19.8 Å². The number of hydrogen-bond donors (Lipinski definition) is 0. The predicted molar refractivity (Wildman–Crippen MR) is 51.2 cm³/mol. The summed E-state index contributed by atoms with van der Waals surface area (Å²) in [5, 5.41) is 0. The molecule has 1 aliphatic carbocycles. The van der Waals surface area contributed by atoms with Crippen LogP contribution >= 0.6 is 12.2 Å². The third-order valence-corrected chi connectivity index (χ3v) is 2.74. The lowest BCUT2D eigenvalue weighted by molar-refractivity contribution is 1.08. The molecule has 0 aliphatic heterocycles. The van der Waals surface area contributed by atoms with Gasteiger partial charge in [-0.25, -0.2) is 0 Å². The van der Waals surface area contributed by atoms with E-state index in [2.05, 4.69) is 25.1 Å². The molecule has 0 N–H and O–H groups in total. The minimum absolute atomic E-state index is 1.08. The Labute approximate surface area is 72.2 Å². The molecule has 0 saturated carbocycles. The van der Waals surface area contributed by atoms with Crippen molar-refractivity contribution in [1.82, 2.24) is 0 Å². The maximum Gasteiger partial charge on any atom is 0.0230 e. The van der Waals surface area contributed by atoms with Gasteiger partial charge in [0, 0.05) is 4.86 Å². The zero-order valence-corrected chi connectivity index (χ0v) is 7.37. The molecule has 0 unspecified atom stereocenters. The van der Waals surface area contributed by atoms with Crippen LogP contribution in [0.5, 0.6) is 0 Å². The van der Waals surface area contributed by atoms with Crippen molar-refractivity contribution < 1.29 is 0 Å². The first-order valence-electron chi connectivity index (χ1n) is 3.91. The van der Waals surface area contributed by atoms with E-state index in [-0.39, 0.29) is 0 Å². The Bertz CT molecular complexity index is 313. The molecule has 0 bridgehead atoms. The quantitative estimate of drug-likeness (QED) is 0.528. The molecule has 0 fully saturated rings. The summed E-state index contributed by atoms with van der Waals surface area (Å²) in [5.74, 6) is 0. The van der Waals surface area contributed by atoms with E-state index in [0.29, 0.717) is 0 Å². The van der Waals surface area contributed by atoms with Crippen LogP contribution in [0.15, 0.2) is 18.2 Å². The fourth-order valence-corrected chi connectivity index (χ4v) is 1.96. The monoisotopic (exact) mass is 162 g/mol. The second kappa shape index (κ2) is 2.42. The number of fused-ring (bicyclic) bond motifs is 1. The lowest BCUT2D eigenvalue weighted by atomic mass is 10.1. The first-order valence-corrected chi connectivity index (χ1v) is 4.31. The molecule has 0 amide bonds. The molecule has 0 saturated heterocycles. The van der Waals surface area contributed by atoms with Crippen LogP contribution in [0.4, 0.5) is 0 Å². The molecule has 0 atom stereocenters. The lowest BCUT2D eigenvalue weighted by Crippen LogP contribution is -1.89. The zero-order valence-electron chi connectivity index (χ0n) is 6.55. The first-order chi connectivity index (χ1) is 5.29. The summed E-state index contributed by atoms with van der Waals surface area (Å²) in [5.41, 5.74) is 4.18. The van der Waals surface area contributed by atoms with Gasteiger partial charge in [0.05, 0.1) is 0 Å². The summed E-state index contributed by atoms with van der Waals surface area (Å²) < 4.78 is 0. The standard InChI is InChI=1S/C10H10S/c1-7-3-2-4-9-8(7)5-6-10(9)11/h2-4H,5-6H2,1H3. The van der Waals surface area contributed by atoms with E-state index >= 15 is 0 Å². The van der Waals surface area contributed by atoms with Crippen molar-refractivity contribution in [2.24, 2.45) is 0 Å². The minimum atomic E-state index is 1.08. The molecule has 0 radical (unpaired) electrons. The largest absolute Gasteiger partial charge is 0.0842 e. The molecule has 0 nitrogen and oxygen atoms in total. The summed E-state index contributed by atoms with van der Waals surface area (Å²) in [6.07, 6.45) is 2.23. The molecular formula is C10H10S. The lowest BCUT2D eigenvalue weighted by Gasteiger charge is -2.00. The molecule has 1 aromatic carbocycles. The maximum absolute atomic E-state index is 5.23. The summed E-state index contributed by atoms with van der Waals surface area (Å²) in [6, 6.07) is 6.39. The number of hydrogen-bond acceptors (Lipinski definition) is 1. The Hall–Kier alpha value is -0.690. The fourth-order valence-electron chi connectivity index (χ4n) is 1.67. The highest BCUT2D eigenvalue weighted by atomic mass is 32.1. The van der Waals surface area contributed by atoms with Crippen LogP contribution in [0, 0.1) is 6.92 Å². The van der Waals surface area contributed by atoms with Gasteiger partial charge in [-0.2, -0.15) is 0 Å². The van der Waals surface area contributed by atoms with Gasteiger partial charge in [0.15, 0.2) is 0 Å². The van der Waals surface area contributed by atoms with Gasteiger partial charge in [0.2, 0.25) is 0 Å².